The molecule has 0 amide bonds. The molecule has 0 spiro atoms. The van der Waals surface area contributed by atoms with Crippen LogP contribution < -0.4 is 4.90 Å². The summed E-state index contributed by atoms with van der Waals surface area (Å²) in [4.78, 5) is 12.0. The van der Waals surface area contributed by atoms with Crippen LogP contribution in [-0.2, 0) is 6.54 Å². The zero-order valence-electron chi connectivity index (χ0n) is 10.2. The Kier molecular flexibility index (Phi) is 3.48. The van der Waals surface area contributed by atoms with Crippen LogP contribution in [0.2, 0.25) is 0 Å². The molecule has 6 nitrogen and oxygen atoms in total. The highest BCUT2D eigenvalue weighted by Gasteiger charge is 2.13. The Hall–Kier alpha value is -2.81. The Balaban J connectivity index is 2.29. The van der Waals surface area contributed by atoms with Gasteiger partial charge in [0.25, 0.3) is 5.69 Å². The topological polar surface area (TPSA) is 83.3 Å². The highest BCUT2D eigenvalue weighted by Crippen LogP contribution is 2.25. The van der Waals surface area contributed by atoms with Gasteiger partial charge in [0.05, 0.1) is 28.7 Å². The lowest BCUT2D eigenvalue weighted by atomic mass is 10.1. The van der Waals surface area contributed by atoms with E-state index in [1.54, 1.807) is 18.6 Å². The maximum Gasteiger partial charge on any atom is 0.270 e. The summed E-state index contributed by atoms with van der Waals surface area (Å²) in [6, 6.07) is 8.06. The molecule has 0 aliphatic heterocycles. The maximum absolute atomic E-state index is 10.7. The fourth-order valence-corrected chi connectivity index (χ4v) is 1.80. The van der Waals surface area contributed by atoms with Gasteiger partial charge in [0.1, 0.15) is 6.07 Å². The quantitative estimate of drug-likeness (QED) is 0.621. The number of furan rings is 1. The molecule has 0 saturated carbocycles. The first kappa shape index (κ1) is 12.6. The van der Waals surface area contributed by atoms with Crippen LogP contribution in [-0.4, -0.2) is 12.0 Å². The van der Waals surface area contributed by atoms with Crippen LogP contribution in [0.25, 0.3) is 0 Å². The van der Waals surface area contributed by atoms with Crippen LogP contribution in [0, 0.1) is 21.4 Å². The van der Waals surface area contributed by atoms with Gasteiger partial charge in [-0.3, -0.25) is 10.1 Å². The molecule has 2 aromatic rings. The predicted octanol–water partition coefficient (Wildman–Crippen LogP) is 2.70. The van der Waals surface area contributed by atoms with E-state index in [1.165, 1.54) is 12.1 Å². The SMILES string of the molecule is CN(Cc1ccoc1)c1ccc([N+](=O)[O-])cc1C#N. The number of nitriles is 1. The average molecular weight is 257 g/mol. The number of rotatable bonds is 4. The third-order valence-corrected chi connectivity index (χ3v) is 2.72. The summed E-state index contributed by atoms with van der Waals surface area (Å²) >= 11 is 0. The van der Waals surface area contributed by atoms with Crippen LogP contribution >= 0.6 is 0 Å². The second-order valence-electron chi connectivity index (χ2n) is 4.06. The zero-order valence-corrected chi connectivity index (χ0v) is 10.2. The normalized spacial score (nSPS) is 9.89. The molecule has 1 heterocycles. The monoisotopic (exact) mass is 257 g/mol. The van der Waals surface area contributed by atoms with E-state index < -0.39 is 4.92 Å². The molecule has 2 rings (SSSR count). The minimum absolute atomic E-state index is 0.0861. The highest BCUT2D eigenvalue weighted by atomic mass is 16.6. The van der Waals surface area contributed by atoms with E-state index in [9.17, 15) is 10.1 Å². The predicted molar refractivity (Wildman–Crippen MR) is 68.6 cm³/mol. The molecule has 0 aliphatic carbocycles. The molecule has 0 unspecified atom stereocenters. The number of hydrogen-bond acceptors (Lipinski definition) is 5. The zero-order chi connectivity index (χ0) is 13.8. The van der Waals surface area contributed by atoms with Gasteiger partial charge in [-0.05, 0) is 12.1 Å². The van der Waals surface area contributed by atoms with Gasteiger partial charge in [-0.15, -0.1) is 0 Å². The molecular formula is C13H11N3O3. The summed E-state index contributed by atoms with van der Waals surface area (Å²) in [5, 5.41) is 19.8. The maximum atomic E-state index is 10.7. The molecule has 1 aromatic heterocycles. The second-order valence-corrected chi connectivity index (χ2v) is 4.06. The molecule has 19 heavy (non-hydrogen) atoms. The number of nitrogens with zero attached hydrogens (tertiary/aromatic N) is 3. The Bertz CT molecular complexity index is 629. The summed E-state index contributed by atoms with van der Waals surface area (Å²) < 4.78 is 4.98. The van der Waals surface area contributed by atoms with E-state index in [0.717, 1.165) is 5.56 Å². The molecular weight excluding hydrogens is 246 g/mol. The van der Waals surface area contributed by atoms with Crippen molar-refractivity contribution in [1.29, 1.82) is 5.26 Å². The van der Waals surface area contributed by atoms with Gasteiger partial charge < -0.3 is 9.32 Å². The van der Waals surface area contributed by atoms with E-state index in [0.29, 0.717) is 12.2 Å². The van der Waals surface area contributed by atoms with Gasteiger partial charge in [-0.1, -0.05) is 0 Å². The first-order valence-electron chi connectivity index (χ1n) is 5.52. The second kappa shape index (κ2) is 5.23. The Labute approximate surface area is 109 Å². The third-order valence-electron chi connectivity index (χ3n) is 2.72. The Morgan fingerprint density at radius 1 is 1.47 bits per heavy atom. The Morgan fingerprint density at radius 3 is 2.84 bits per heavy atom. The van der Waals surface area contributed by atoms with Crippen molar-refractivity contribution in [2.45, 2.75) is 6.54 Å². The molecule has 0 saturated heterocycles. The molecule has 6 heteroatoms. The summed E-state index contributed by atoms with van der Waals surface area (Å²) in [6.07, 6.45) is 3.19. The summed E-state index contributed by atoms with van der Waals surface area (Å²) in [6.45, 7) is 0.559. The number of non-ortho nitro benzene ring substituents is 1. The third kappa shape index (κ3) is 2.72. The van der Waals surface area contributed by atoms with Gasteiger partial charge in [0.15, 0.2) is 0 Å². The highest BCUT2D eigenvalue weighted by molar-refractivity contribution is 5.62. The van der Waals surface area contributed by atoms with Crippen molar-refractivity contribution < 1.29 is 9.34 Å². The van der Waals surface area contributed by atoms with Crippen LogP contribution in [0.3, 0.4) is 0 Å². The number of hydrogen-bond donors (Lipinski definition) is 0. The van der Waals surface area contributed by atoms with Crippen molar-refractivity contribution in [3.63, 3.8) is 0 Å². The van der Waals surface area contributed by atoms with E-state index in [-0.39, 0.29) is 11.3 Å². The van der Waals surface area contributed by atoms with Crippen molar-refractivity contribution in [3.05, 3.63) is 58.0 Å². The molecule has 0 radical (unpaired) electrons. The fourth-order valence-electron chi connectivity index (χ4n) is 1.80. The lowest BCUT2D eigenvalue weighted by Crippen LogP contribution is -2.17. The lowest BCUT2D eigenvalue weighted by molar-refractivity contribution is -0.384. The molecule has 0 N–H and O–H groups in total. The lowest BCUT2D eigenvalue weighted by Gasteiger charge is -2.19. The van der Waals surface area contributed by atoms with Crippen LogP contribution in [0.1, 0.15) is 11.1 Å². The van der Waals surface area contributed by atoms with Gasteiger partial charge in [0, 0.05) is 31.3 Å². The van der Waals surface area contributed by atoms with Crippen molar-refractivity contribution in [1.82, 2.24) is 0 Å². The van der Waals surface area contributed by atoms with E-state index in [1.807, 2.05) is 24.1 Å². The first-order chi connectivity index (χ1) is 9.11. The largest absolute Gasteiger partial charge is 0.472 e. The van der Waals surface area contributed by atoms with Gasteiger partial charge in [-0.25, -0.2) is 0 Å². The van der Waals surface area contributed by atoms with Gasteiger partial charge in [0.2, 0.25) is 0 Å². The minimum atomic E-state index is -0.513. The summed E-state index contributed by atoms with van der Waals surface area (Å²) in [7, 11) is 1.81. The number of anilines is 1. The smallest absolute Gasteiger partial charge is 0.270 e. The molecule has 0 fully saturated rings. The molecule has 96 valence electrons. The van der Waals surface area contributed by atoms with Crippen molar-refractivity contribution in [2.24, 2.45) is 0 Å². The minimum Gasteiger partial charge on any atom is -0.472 e. The van der Waals surface area contributed by atoms with E-state index >= 15 is 0 Å². The van der Waals surface area contributed by atoms with Crippen LogP contribution in [0.15, 0.2) is 41.2 Å². The van der Waals surface area contributed by atoms with Crippen molar-refractivity contribution in [2.75, 3.05) is 11.9 Å². The van der Waals surface area contributed by atoms with Crippen LogP contribution in [0.5, 0.6) is 0 Å². The Morgan fingerprint density at radius 2 is 2.26 bits per heavy atom. The molecule has 0 aliphatic rings. The fraction of sp³-hybridized carbons (Fsp3) is 0.154. The molecule has 0 atom stereocenters. The van der Waals surface area contributed by atoms with Crippen molar-refractivity contribution >= 4 is 11.4 Å². The number of nitro benzene ring substituents is 1. The van der Waals surface area contributed by atoms with Gasteiger partial charge in [-0.2, -0.15) is 5.26 Å². The van der Waals surface area contributed by atoms with E-state index in [4.69, 9.17) is 9.68 Å². The molecule has 1 aromatic carbocycles. The standard InChI is InChI=1S/C13H11N3O3/c1-15(8-10-4-5-19-9-10)13-3-2-12(16(17)18)6-11(13)7-14/h2-6,9H,8H2,1H3. The van der Waals surface area contributed by atoms with Crippen molar-refractivity contribution in [3.8, 4) is 6.07 Å². The summed E-state index contributed by atoms with van der Waals surface area (Å²) in [5.74, 6) is 0. The first-order valence-corrected chi connectivity index (χ1v) is 5.52. The average Bonchev–Trinajstić information content (AvgIpc) is 2.90. The number of benzene rings is 1. The van der Waals surface area contributed by atoms with Gasteiger partial charge >= 0.3 is 0 Å². The van der Waals surface area contributed by atoms with Crippen LogP contribution in [0.4, 0.5) is 11.4 Å². The molecule has 0 bridgehead atoms. The summed E-state index contributed by atoms with van der Waals surface area (Å²) in [5.41, 5.74) is 1.80. The number of nitro groups is 1. The van der Waals surface area contributed by atoms with E-state index in [2.05, 4.69) is 0 Å².